The second kappa shape index (κ2) is 3.52. The van der Waals surface area contributed by atoms with E-state index in [0.717, 1.165) is 26.1 Å². The predicted molar refractivity (Wildman–Crippen MR) is 65.2 cm³/mol. The molecule has 0 aromatic rings. The molecule has 16 heavy (non-hydrogen) atoms. The van der Waals surface area contributed by atoms with Crippen LogP contribution in [0.15, 0.2) is 35.2 Å². The van der Waals surface area contributed by atoms with Crippen molar-refractivity contribution < 1.29 is 4.58 Å². The van der Waals surface area contributed by atoms with Crippen LogP contribution in [-0.2, 0) is 0 Å². The number of hydrogen-bond acceptors (Lipinski definition) is 1. The zero-order chi connectivity index (χ0) is 11.1. The van der Waals surface area contributed by atoms with Gasteiger partial charge in [0.1, 0.15) is 12.6 Å². The van der Waals surface area contributed by atoms with E-state index in [9.17, 15) is 0 Å². The fraction of sp³-hybridized carbons (Fsp3) is 0.385. The molecule has 3 heteroatoms. The number of likely N-dealkylation sites (N-methyl/N-ethyl adjacent to an activating group) is 1. The van der Waals surface area contributed by atoms with Crippen molar-refractivity contribution in [1.82, 2.24) is 4.90 Å². The molecule has 0 radical (unpaired) electrons. The molecule has 0 aromatic carbocycles. The van der Waals surface area contributed by atoms with E-state index in [0.29, 0.717) is 0 Å². The van der Waals surface area contributed by atoms with Crippen LogP contribution in [0.1, 0.15) is 6.42 Å². The first-order chi connectivity index (χ1) is 7.75. The molecule has 3 rings (SSSR count). The second-order valence-electron chi connectivity index (χ2n) is 4.60. The summed E-state index contributed by atoms with van der Waals surface area (Å²) in [5.41, 5.74) is 3.93. The van der Waals surface area contributed by atoms with E-state index in [1.54, 1.807) is 0 Å². The van der Waals surface area contributed by atoms with Gasteiger partial charge in [-0.2, -0.15) is 0 Å². The van der Waals surface area contributed by atoms with Crippen LogP contribution in [-0.4, -0.2) is 42.9 Å². The van der Waals surface area contributed by atoms with Crippen LogP contribution in [0.4, 0.5) is 0 Å². The molecule has 3 heterocycles. The Labute approximate surface area is 96.4 Å². The lowest BCUT2D eigenvalue weighted by Crippen LogP contribution is -2.15. The highest BCUT2D eigenvalue weighted by Crippen LogP contribution is 2.39. The van der Waals surface area contributed by atoms with Gasteiger partial charge in [-0.25, -0.2) is 5.70 Å². The first-order valence-electron chi connectivity index (χ1n) is 5.69. The number of nitrogens with zero attached hydrogens (tertiary/aromatic N) is 3. The third-order valence-corrected chi connectivity index (χ3v) is 3.40. The summed E-state index contributed by atoms with van der Waals surface area (Å²) in [7, 11) is 2.14. The van der Waals surface area contributed by atoms with Gasteiger partial charge in [0.05, 0.1) is 6.72 Å². The Morgan fingerprint density at radius 2 is 2.44 bits per heavy atom. The molecule has 0 bridgehead atoms. The third-order valence-electron chi connectivity index (χ3n) is 3.40. The lowest BCUT2D eigenvalue weighted by molar-refractivity contribution is -0.475. The average Bonchev–Trinajstić information content (AvgIpc) is 2.86. The normalized spacial score (nSPS) is 24.9. The van der Waals surface area contributed by atoms with Gasteiger partial charge in [0.2, 0.25) is 0 Å². The van der Waals surface area contributed by atoms with Crippen molar-refractivity contribution in [3.05, 3.63) is 46.6 Å². The maximum atomic E-state index is 4.55. The van der Waals surface area contributed by atoms with Gasteiger partial charge in [-0.3, -0.25) is 15.7 Å². The van der Waals surface area contributed by atoms with Crippen molar-refractivity contribution in [2.24, 2.45) is 0 Å². The van der Waals surface area contributed by atoms with E-state index in [2.05, 4.69) is 40.7 Å². The van der Waals surface area contributed by atoms with Gasteiger partial charge in [0, 0.05) is 19.5 Å². The smallest absolute Gasteiger partial charge is 0.133 e. The van der Waals surface area contributed by atoms with Crippen molar-refractivity contribution in [2.45, 2.75) is 6.42 Å². The lowest BCUT2D eigenvalue weighted by atomic mass is 9.98. The average molecular weight is 214 g/mol. The van der Waals surface area contributed by atoms with Crippen LogP contribution >= 0.6 is 0 Å². The van der Waals surface area contributed by atoms with Gasteiger partial charge in [0.15, 0.2) is 0 Å². The van der Waals surface area contributed by atoms with Crippen LogP contribution in [0.25, 0.3) is 5.32 Å². The summed E-state index contributed by atoms with van der Waals surface area (Å²) in [6.07, 6.45) is 7.33. The van der Waals surface area contributed by atoms with Crippen molar-refractivity contribution >= 4 is 6.72 Å². The highest BCUT2D eigenvalue weighted by molar-refractivity contribution is 5.57. The Morgan fingerprint density at radius 1 is 1.56 bits per heavy atom. The highest BCUT2D eigenvalue weighted by atomic mass is 15.1. The molecule has 3 aliphatic rings. The molecule has 3 nitrogen and oxygen atoms in total. The quantitative estimate of drug-likeness (QED) is 0.480. The zero-order valence-corrected chi connectivity index (χ0v) is 9.61. The summed E-state index contributed by atoms with van der Waals surface area (Å²) in [6, 6.07) is 1.25. The molecule has 0 aromatic heterocycles. The van der Waals surface area contributed by atoms with E-state index in [-0.39, 0.29) is 0 Å². The minimum atomic E-state index is 1.01. The van der Waals surface area contributed by atoms with E-state index in [1.807, 2.05) is 6.20 Å². The molecular weight excluding hydrogens is 198 g/mol. The molecule has 84 valence electrons. The van der Waals surface area contributed by atoms with E-state index in [1.165, 1.54) is 22.9 Å². The molecule has 0 unspecified atom stereocenters. The first-order valence-corrected chi connectivity index (χ1v) is 5.69. The van der Waals surface area contributed by atoms with Crippen LogP contribution < -0.4 is 0 Å². The largest absolute Gasteiger partial charge is 0.750 e. The van der Waals surface area contributed by atoms with Crippen molar-refractivity contribution in [2.75, 3.05) is 26.7 Å². The van der Waals surface area contributed by atoms with Crippen LogP contribution in [0, 0.1) is 6.04 Å². The Balaban J connectivity index is 1.95. The summed E-state index contributed by atoms with van der Waals surface area (Å²) in [5, 5.41) is 4.55. The molecule has 0 saturated carbocycles. The fourth-order valence-electron chi connectivity index (χ4n) is 2.53. The molecule has 0 atom stereocenters. The maximum Gasteiger partial charge on any atom is 0.133 e. The SMILES string of the molecule is C=[N+]1CCC2=C(C3=CCN(C)C3)[N-]C=C[C-]21. The molecule has 0 N–H and O–H groups in total. The molecule has 0 aliphatic carbocycles. The molecule has 3 aliphatic heterocycles. The minimum Gasteiger partial charge on any atom is -0.750 e. The van der Waals surface area contributed by atoms with Crippen LogP contribution in [0.5, 0.6) is 0 Å². The Bertz CT molecular complexity index is 428. The summed E-state index contributed by atoms with van der Waals surface area (Å²) >= 11 is 0. The van der Waals surface area contributed by atoms with Gasteiger partial charge in [0.25, 0.3) is 0 Å². The molecule has 1 fully saturated rings. The van der Waals surface area contributed by atoms with Crippen molar-refractivity contribution in [3.63, 3.8) is 0 Å². The fourth-order valence-corrected chi connectivity index (χ4v) is 2.53. The highest BCUT2D eigenvalue weighted by Gasteiger charge is 2.26. The monoisotopic (exact) mass is 214 g/mol. The molecule has 0 amide bonds. The number of rotatable bonds is 1. The van der Waals surface area contributed by atoms with Crippen LogP contribution in [0.2, 0.25) is 0 Å². The Hall–Kier alpha value is -1.48. The van der Waals surface area contributed by atoms with E-state index >= 15 is 0 Å². The van der Waals surface area contributed by atoms with E-state index in [4.69, 9.17) is 0 Å². The summed E-state index contributed by atoms with van der Waals surface area (Å²) in [6.45, 7) is 7.10. The van der Waals surface area contributed by atoms with E-state index < -0.39 is 0 Å². The third kappa shape index (κ3) is 1.39. The summed E-state index contributed by atoms with van der Waals surface area (Å²) in [4.78, 5) is 2.30. The number of hydrogen-bond donors (Lipinski definition) is 0. The van der Waals surface area contributed by atoms with Crippen molar-refractivity contribution in [1.29, 1.82) is 0 Å². The van der Waals surface area contributed by atoms with Gasteiger partial charge in [-0.15, -0.1) is 0 Å². The first kappa shape index (κ1) is 9.73. The molecular formula is C13H16N3-. The van der Waals surface area contributed by atoms with Crippen molar-refractivity contribution in [3.8, 4) is 0 Å². The topological polar surface area (TPSA) is 20.4 Å². The number of fused-ring (bicyclic) bond motifs is 1. The Morgan fingerprint density at radius 3 is 3.19 bits per heavy atom. The second-order valence-corrected chi connectivity index (χ2v) is 4.60. The molecule has 1 saturated heterocycles. The zero-order valence-electron chi connectivity index (χ0n) is 9.61. The van der Waals surface area contributed by atoms with Crippen LogP contribution in [0.3, 0.4) is 0 Å². The van der Waals surface area contributed by atoms with Gasteiger partial charge < -0.3 is 5.32 Å². The summed E-state index contributed by atoms with van der Waals surface area (Å²) in [5.74, 6) is 0. The Kier molecular flexibility index (Phi) is 2.14. The lowest BCUT2D eigenvalue weighted by Gasteiger charge is -2.37. The standard InChI is InChI=1S/C13H16N3/c1-15-7-4-10(9-15)13-11-5-8-16(2)12(11)3-6-14-13/h3-4,6H,2,5,7-9H2,1H3/q-1. The predicted octanol–water partition coefficient (Wildman–Crippen LogP) is 1.66. The van der Waals surface area contributed by atoms with Gasteiger partial charge in [-0.1, -0.05) is 23.3 Å². The molecule has 0 spiro atoms. The summed E-state index contributed by atoms with van der Waals surface area (Å²) < 4.78 is 2.07. The maximum absolute atomic E-state index is 4.55. The van der Waals surface area contributed by atoms with Gasteiger partial charge >= 0.3 is 0 Å². The minimum absolute atomic E-state index is 1.01. The van der Waals surface area contributed by atoms with Gasteiger partial charge in [-0.05, 0) is 7.05 Å².